The van der Waals surface area contributed by atoms with Crippen LogP contribution in [-0.4, -0.2) is 36.3 Å². The number of nitrogen functional groups attached to an aromatic ring is 1. The monoisotopic (exact) mass is 299 g/mol. The first kappa shape index (κ1) is 16.9. The lowest BCUT2D eigenvalue weighted by molar-refractivity contribution is -0.130. The molecule has 3 N–H and O–H groups in total. The molecular formula is C14H19F2N3O2. The van der Waals surface area contributed by atoms with E-state index >= 15 is 0 Å². The number of nitrogens with one attached hydrogen (secondary N) is 1. The predicted molar refractivity (Wildman–Crippen MR) is 75.6 cm³/mol. The minimum Gasteiger partial charge on any atom is -0.396 e. The van der Waals surface area contributed by atoms with Gasteiger partial charge in [-0.3, -0.25) is 9.59 Å². The van der Waals surface area contributed by atoms with Gasteiger partial charge in [-0.05, 0) is 26.0 Å². The van der Waals surface area contributed by atoms with Gasteiger partial charge in [-0.1, -0.05) is 0 Å². The third-order valence-electron chi connectivity index (χ3n) is 3.09. The molecule has 116 valence electrons. The minimum atomic E-state index is -1.09. The fourth-order valence-electron chi connectivity index (χ4n) is 1.88. The Kier molecular flexibility index (Phi) is 6.08. The molecule has 0 bridgehead atoms. The maximum Gasteiger partial charge on any atom is 0.257 e. The number of nitrogens with zero attached hydrogens (tertiary/aromatic N) is 1. The van der Waals surface area contributed by atoms with Crippen molar-refractivity contribution < 1.29 is 18.4 Å². The van der Waals surface area contributed by atoms with Crippen molar-refractivity contribution in [2.75, 3.05) is 25.4 Å². The Bertz CT molecular complexity index is 531. The summed E-state index contributed by atoms with van der Waals surface area (Å²) in [6.45, 7) is 4.83. The fourth-order valence-corrected chi connectivity index (χ4v) is 1.88. The van der Waals surface area contributed by atoms with Gasteiger partial charge in [0.15, 0.2) is 5.82 Å². The van der Waals surface area contributed by atoms with Gasteiger partial charge in [-0.25, -0.2) is 8.78 Å². The lowest BCUT2D eigenvalue weighted by Crippen LogP contribution is -2.34. The normalized spacial score (nSPS) is 10.3. The Morgan fingerprint density at radius 2 is 1.86 bits per heavy atom. The highest BCUT2D eigenvalue weighted by Crippen LogP contribution is 2.18. The van der Waals surface area contributed by atoms with E-state index in [0.29, 0.717) is 13.1 Å². The van der Waals surface area contributed by atoms with E-state index in [4.69, 9.17) is 5.73 Å². The van der Waals surface area contributed by atoms with Crippen molar-refractivity contribution in [3.05, 3.63) is 29.3 Å². The van der Waals surface area contributed by atoms with Crippen molar-refractivity contribution in [2.45, 2.75) is 20.3 Å². The molecule has 21 heavy (non-hydrogen) atoms. The first-order chi connectivity index (χ1) is 9.92. The number of benzene rings is 1. The average molecular weight is 299 g/mol. The van der Waals surface area contributed by atoms with E-state index in [0.717, 1.165) is 12.1 Å². The summed E-state index contributed by atoms with van der Waals surface area (Å²) in [6.07, 6.45) is 0.0684. The van der Waals surface area contributed by atoms with Gasteiger partial charge < -0.3 is 16.0 Å². The highest BCUT2D eigenvalue weighted by Gasteiger charge is 2.19. The van der Waals surface area contributed by atoms with Gasteiger partial charge in [0, 0.05) is 26.1 Å². The zero-order chi connectivity index (χ0) is 16.0. The molecule has 0 spiro atoms. The van der Waals surface area contributed by atoms with Crippen LogP contribution >= 0.6 is 0 Å². The largest absolute Gasteiger partial charge is 0.396 e. The van der Waals surface area contributed by atoms with Crippen LogP contribution in [0.1, 0.15) is 30.6 Å². The average Bonchev–Trinajstić information content (AvgIpc) is 2.44. The van der Waals surface area contributed by atoms with E-state index in [-0.39, 0.29) is 24.6 Å². The molecule has 1 aromatic rings. The van der Waals surface area contributed by atoms with Gasteiger partial charge in [0.05, 0.1) is 5.69 Å². The van der Waals surface area contributed by atoms with Crippen LogP contribution in [0.3, 0.4) is 0 Å². The van der Waals surface area contributed by atoms with E-state index < -0.39 is 23.1 Å². The number of anilines is 1. The molecule has 5 nitrogen and oxygen atoms in total. The molecule has 0 aliphatic rings. The molecule has 0 aliphatic carbocycles. The Balaban J connectivity index is 2.64. The smallest absolute Gasteiger partial charge is 0.257 e. The molecule has 1 aromatic carbocycles. The predicted octanol–water partition coefficient (Wildman–Crippen LogP) is 1.54. The molecule has 0 unspecified atom stereocenters. The van der Waals surface area contributed by atoms with E-state index in [9.17, 15) is 18.4 Å². The third-order valence-corrected chi connectivity index (χ3v) is 3.09. The Morgan fingerprint density at radius 1 is 1.24 bits per heavy atom. The number of carbonyl (C=O) groups excluding carboxylic acids is 2. The number of nitrogens with two attached hydrogens (primary N) is 1. The number of halogens is 2. The van der Waals surface area contributed by atoms with Crippen molar-refractivity contribution in [3.63, 3.8) is 0 Å². The fraction of sp³-hybridized carbons (Fsp3) is 0.429. The van der Waals surface area contributed by atoms with Crippen molar-refractivity contribution >= 4 is 17.5 Å². The zero-order valence-corrected chi connectivity index (χ0v) is 12.1. The number of rotatable bonds is 6. The SMILES string of the molecule is CCN(CC)C(=O)CCNC(=O)c1c(F)ccc(N)c1F. The summed E-state index contributed by atoms with van der Waals surface area (Å²) >= 11 is 0. The van der Waals surface area contributed by atoms with Gasteiger partial charge in [-0.15, -0.1) is 0 Å². The summed E-state index contributed by atoms with van der Waals surface area (Å²) in [5.74, 6) is -3.14. The molecule has 0 aliphatic heterocycles. The van der Waals surface area contributed by atoms with Crippen LogP contribution in [0.5, 0.6) is 0 Å². The molecule has 0 radical (unpaired) electrons. The molecule has 0 saturated heterocycles. The molecule has 0 fully saturated rings. The minimum absolute atomic E-state index is 0.00183. The first-order valence-electron chi connectivity index (χ1n) is 6.71. The lowest BCUT2D eigenvalue weighted by atomic mass is 10.1. The zero-order valence-electron chi connectivity index (χ0n) is 12.1. The highest BCUT2D eigenvalue weighted by atomic mass is 19.1. The van der Waals surface area contributed by atoms with E-state index in [1.54, 1.807) is 4.90 Å². The molecular weight excluding hydrogens is 280 g/mol. The van der Waals surface area contributed by atoms with Gasteiger partial charge in [-0.2, -0.15) is 0 Å². The second-order valence-electron chi connectivity index (χ2n) is 4.40. The maximum absolute atomic E-state index is 13.6. The van der Waals surface area contributed by atoms with Crippen molar-refractivity contribution in [1.82, 2.24) is 10.2 Å². The van der Waals surface area contributed by atoms with Gasteiger partial charge in [0.1, 0.15) is 11.4 Å². The van der Waals surface area contributed by atoms with Crippen LogP contribution in [0.4, 0.5) is 14.5 Å². The molecule has 1 rings (SSSR count). The number of amides is 2. The van der Waals surface area contributed by atoms with E-state index in [1.165, 1.54) is 0 Å². The van der Waals surface area contributed by atoms with Crippen LogP contribution in [0, 0.1) is 11.6 Å². The van der Waals surface area contributed by atoms with Crippen molar-refractivity contribution in [3.8, 4) is 0 Å². The van der Waals surface area contributed by atoms with Crippen LogP contribution in [0.2, 0.25) is 0 Å². The molecule has 0 heterocycles. The number of hydrogen-bond acceptors (Lipinski definition) is 3. The quantitative estimate of drug-likeness (QED) is 0.782. The molecule has 0 saturated carbocycles. The lowest BCUT2D eigenvalue weighted by Gasteiger charge is -2.18. The second kappa shape index (κ2) is 7.56. The first-order valence-corrected chi connectivity index (χ1v) is 6.71. The Labute approximate surface area is 122 Å². The van der Waals surface area contributed by atoms with Crippen LogP contribution < -0.4 is 11.1 Å². The molecule has 7 heteroatoms. The third kappa shape index (κ3) is 4.14. The van der Waals surface area contributed by atoms with Gasteiger partial charge in [0.2, 0.25) is 5.91 Å². The Hall–Kier alpha value is -2.18. The van der Waals surface area contributed by atoms with E-state index in [1.807, 2.05) is 13.8 Å². The molecule has 0 aromatic heterocycles. The van der Waals surface area contributed by atoms with Crippen molar-refractivity contribution in [2.24, 2.45) is 0 Å². The standard InChI is InChI=1S/C14H19F2N3O2/c1-3-19(4-2)11(20)7-8-18-14(21)12-9(15)5-6-10(17)13(12)16/h5-6H,3-4,7-8,17H2,1-2H3,(H,18,21). The molecule has 0 atom stereocenters. The van der Waals surface area contributed by atoms with Crippen LogP contribution in [0.25, 0.3) is 0 Å². The summed E-state index contributed by atoms with van der Waals surface area (Å²) in [5.41, 5.74) is 4.26. The number of carbonyl (C=O) groups is 2. The van der Waals surface area contributed by atoms with Crippen LogP contribution in [-0.2, 0) is 4.79 Å². The van der Waals surface area contributed by atoms with Crippen molar-refractivity contribution in [1.29, 1.82) is 0 Å². The number of hydrogen-bond donors (Lipinski definition) is 2. The second-order valence-corrected chi connectivity index (χ2v) is 4.40. The summed E-state index contributed by atoms with van der Waals surface area (Å²) in [6, 6.07) is 1.97. The topological polar surface area (TPSA) is 75.4 Å². The molecule has 2 amide bonds. The highest BCUT2D eigenvalue weighted by molar-refractivity contribution is 5.95. The summed E-state index contributed by atoms with van der Waals surface area (Å²) in [7, 11) is 0. The maximum atomic E-state index is 13.6. The Morgan fingerprint density at radius 3 is 2.43 bits per heavy atom. The van der Waals surface area contributed by atoms with Gasteiger partial charge >= 0.3 is 0 Å². The van der Waals surface area contributed by atoms with Crippen LogP contribution in [0.15, 0.2) is 12.1 Å². The summed E-state index contributed by atoms with van der Waals surface area (Å²) < 4.78 is 27.1. The van der Waals surface area contributed by atoms with Gasteiger partial charge in [0.25, 0.3) is 5.91 Å². The summed E-state index contributed by atoms with van der Waals surface area (Å²) in [4.78, 5) is 25.1. The summed E-state index contributed by atoms with van der Waals surface area (Å²) in [5, 5.41) is 2.32. The van der Waals surface area contributed by atoms with E-state index in [2.05, 4.69) is 5.32 Å².